The lowest BCUT2D eigenvalue weighted by molar-refractivity contribution is 0.0860. The van der Waals surface area contributed by atoms with Crippen LogP contribution in [0.25, 0.3) is 0 Å². The maximum Gasteiger partial charge on any atom is 0.123 e. The van der Waals surface area contributed by atoms with E-state index in [1.54, 1.807) is 12.1 Å². The summed E-state index contributed by atoms with van der Waals surface area (Å²) in [7, 11) is 0. The summed E-state index contributed by atoms with van der Waals surface area (Å²) in [6, 6.07) is 6.86. The van der Waals surface area contributed by atoms with E-state index in [2.05, 4.69) is 12.2 Å². The Kier molecular flexibility index (Phi) is 4.13. The minimum atomic E-state index is -0.244. The zero-order chi connectivity index (χ0) is 12.3. The van der Waals surface area contributed by atoms with E-state index in [0.29, 0.717) is 0 Å². The Hall–Kier alpha value is -0.930. The molecule has 2 rings (SSSR count). The maximum absolute atomic E-state index is 12.8. The number of aliphatic hydroxyl groups excluding tert-OH is 1. The summed E-state index contributed by atoms with van der Waals surface area (Å²) >= 11 is 0. The number of hydrogen-bond acceptors (Lipinski definition) is 2. The molecule has 1 aliphatic rings. The van der Waals surface area contributed by atoms with E-state index in [-0.39, 0.29) is 24.0 Å². The first-order chi connectivity index (χ1) is 8.16. The summed E-state index contributed by atoms with van der Waals surface area (Å²) in [5.41, 5.74) is 1.06. The van der Waals surface area contributed by atoms with E-state index in [0.717, 1.165) is 24.8 Å². The van der Waals surface area contributed by atoms with Gasteiger partial charge in [-0.2, -0.15) is 0 Å². The molecule has 0 spiro atoms. The third-order valence-electron chi connectivity index (χ3n) is 3.56. The third-order valence-corrected chi connectivity index (χ3v) is 3.56. The standard InChI is InChI=1S/C14H20FNO/c1-10(11-6-8-12(15)9-7-11)16-13-4-2-3-5-14(13)17/h6-10,13-14,16-17H,2-5H2,1H3/t10?,13-,14-/m1/s1. The first kappa shape index (κ1) is 12.5. The molecule has 1 aromatic carbocycles. The average molecular weight is 237 g/mol. The number of hydrogen-bond donors (Lipinski definition) is 2. The van der Waals surface area contributed by atoms with Crippen LogP contribution >= 0.6 is 0 Å². The Balaban J connectivity index is 1.95. The molecule has 0 radical (unpaired) electrons. The molecule has 0 saturated heterocycles. The quantitative estimate of drug-likeness (QED) is 0.847. The molecule has 0 heterocycles. The molecule has 0 aliphatic heterocycles. The van der Waals surface area contributed by atoms with E-state index >= 15 is 0 Å². The average Bonchev–Trinajstić information content (AvgIpc) is 2.33. The van der Waals surface area contributed by atoms with Crippen LogP contribution in [0.3, 0.4) is 0 Å². The van der Waals surface area contributed by atoms with Gasteiger partial charge in [-0.1, -0.05) is 25.0 Å². The molecule has 1 fully saturated rings. The number of aliphatic hydroxyl groups is 1. The Labute approximate surface area is 102 Å². The van der Waals surface area contributed by atoms with Crippen LogP contribution in [-0.2, 0) is 0 Å². The van der Waals surface area contributed by atoms with Crippen LogP contribution in [0, 0.1) is 5.82 Å². The molecule has 0 bridgehead atoms. The Morgan fingerprint density at radius 2 is 1.88 bits per heavy atom. The van der Waals surface area contributed by atoms with Crippen molar-refractivity contribution in [1.82, 2.24) is 5.32 Å². The SMILES string of the molecule is CC(N[C@@H]1CCCC[C@H]1O)c1ccc(F)cc1. The minimum Gasteiger partial charge on any atom is -0.392 e. The number of benzene rings is 1. The Morgan fingerprint density at radius 3 is 2.53 bits per heavy atom. The van der Waals surface area contributed by atoms with E-state index in [1.165, 1.54) is 18.6 Å². The lowest BCUT2D eigenvalue weighted by Gasteiger charge is -2.31. The normalized spacial score (nSPS) is 26.8. The first-order valence-corrected chi connectivity index (χ1v) is 6.36. The van der Waals surface area contributed by atoms with Gasteiger partial charge in [0.2, 0.25) is 0 Å². The number of halogens is 1. The van der Waals surface area contributed by atoms with Crippen LogP contribution in [0.5, 0.6) is 0 Å². The molecule has 2 nitrogen and oxygen atoms in total. The van der Waals surface area contributed by atoms with Crippen molar-refractivity contribution in [3.8, 4) is 0 Å². The predicted molar refractivity (Wildman–Crippen MR) is 66.2 cm³/mol. The molecule has 0 aromatic heterocycles. The fraction of sp³-hybridized carbons (Fsp3) is 0.571. The summed E-state index contributed by atoms with van der Waals surface area (Å²) in [5.74, 6) is -0.210. The molecule has 1 saturated carbocycles. The van der Waals surface area contributed by atoms with Gasteiger partial charge in [0.15, 0.2) is 0 Å². The fourth-order valence-corrected chi connectivity index (χ4v) is 2.47. The van der Waals surface area contributed by atoms with Crippen molar-refractivity contribution >= 4 is 0 Å². The van der Waals surface area contributed by atoms with E-state index in [9.17, 15) is 9.50 Å². The van der Waals surface area contributed by atoms with Crippen LogP contribution in [0.4, 0.5) is 4.39 Å². The van der Waals surface area contributed by atoms with Gasteiger partial charge >= 0.3 is 0 Å². The second-order valence-corrected chi connectivity index (χ2v) is 4.90. The predicted octanol–water partition coefficient (Wildman–Crippen LogP) is 2.78. The van der Waals surface area contributed by atoms with Gasteiger partial charge in [0.05, 0.1) is 6.10 Å². The van der Waals surface area contributed by atoms with Crippen molar-refractivity contribution in [3.05, 3.63) is 35.6 Å². The molecule has 17 heavy (non-hydrogen) atoms. The third kappa shape index (κ3) is 3.27. The summed E-state index contributed by atoms with van der Waals surface area (Å²) in [6.07, 6.45) is 3.95. The van der Waals surface area contributed by atoms with E-state index in [4.69, 9.17) is 0 Å². The smallest absolute Gasteiger partial charge is 0.123 e. The van der Waals surface area contributed by atoms with Gasteiger partial charge in [0.1, 0.15) is 5.82 Å². The van der Waals surface area contributed by atoms with Crippen LogP contribution in [0.15, 0.2) is 24.3 Å². The molecular formula is C14H20FNO. The van der Waals surface area contributed by atoms with Gasteiger partial charge in [-0.15, -0.1) is 0 Å². The second kappa shape index (κ2) is 5.61. The molecule has 2 N–H and O–H groups in total. The Morgan fingerprint density at radius 1 is 1.24 bits per heavy atom. The van der Waals surface area contributed by atoms with E-state index in [1.807, 2.05) is 0 Å². The van der Waals surface area contributed by atoms with Gasteiger partial charge < -0.3 is 10.4 Å². The van der Waals surface area contributed by atoms with Crippen molar-refractivity contribution < 1.29 is 9.50 Å². The molecule has 1 aliphatic carbocycles. The summed E-state index contributed by atoms with van der Waals surface area (Å²) in [6.45, 7) is 2.05. The van der Waals surface area contributed by atoms with Crippen molar-refractivity contribution in [2.75, 3.05) is 0 Å². The molecule has 1 aromatic rings. The van der Waals surface area contributed by atoms with Crippen molar-refractivity contribution in [3.63, 3.8) is 0 Å². The minimum absolute atomic E-state index is 0.147. The molecule has 0 amide bonds. The lowest BCUT2D eigenvalue weighted by atomic mass is 9.91. The van der Waals surface area contributed by atoms with Gasteiger partial charge in [0, 0.05) is 12.1 Å². The largest absolute Gasteiger partial charge is 0.392 e. The van der Waals surface area contributed by atoms with Crippen LogP contribution < -0.4 is 5.32 Å². The van der Waals surface area contributed by atoms with Crippen LogP contribution in [0.2, 0.25) is 0 Å². The molecule has 94 valence electrons. The van der Waals surface area contributed by atoms with Crippen LogP contribution in [0.1, 0.15) is 44.2 Å². The van der Waals surface area contributed by atoms with Gasteiger partial charge in [-0.25, -0.2) is 4.39 Å². The fourth-order valence-electron chi connectivity index (χ4n) is 2.47. The summed E-state index contributed by atoms with van der Waals surface area (Å²) < 4.78 is 12.8. The van der Waals surface area contributed by atoms with Gasteiger partial charge in [0.25, 0.3) is 0 Å². The lowest BCUT2D eigenvalue weighted by Crippen LogP contribution is -2.43. The maximum atomic E-state index is 12.8. The van der Waals surface area contributed by atoms with Crippen molar-refractivity contribution in [1.29, 1.82) is 0 Å². The highest BCUT2D eigenvalue weighted by Gasteiger charge is 2.24. The van der Waals surface area contributed by atoms with E-state index < -0.39 is 0 Å². The van der Waals surface area contributed by atoms with Crippen molar-refractivity contribution in [2.45, 2.75) is 50.8 Å². The highest BCUT2D eigenvalue weighted by molar-refractivity contribution is 5.19. The molecule has 3 atom stereocenters. The number of nitrogens with one attached hydrogen (secondary N) is 1. The van der Waals surface area contributed by atoms with Gasteiger partial charge in [-0.05, 0) is 37.5 Å². The number of rotatable bonds is 3. The molecular weight excluding hydrogens is 217 g/mol. The highest BCUT2D eigenvalue weighted by Crippen LogP contribution is 2.22. The summed E-state index contributed by atoms with van der Waals surface area (Å²) in [4.78, 5) is 0. The molecule has 1 unspecified atom stereocenters. The van der Waals surface area contributed by atoms with Gasteiger partial charge in [-0.3, -0.25) is 0 Å². The molecule has 3 heteroatoms. The first-order valence-electron chi connectivity index (χ1n) is 6.36. The Bertz CT molecular complexity index is 352. The summed E-state index contributed by atoms with van der Waals surface area (Å²) in [5, 5.41) is 13.3. The highest BCUT2D eigenvalue weighted by atomic mass is 19.1. The second-order valence-electron chi connectivity index (χ2n) is 4.90. The van der Waals surface area contributed by atoms with Crippen LogP contribution in [-0.4, -0.2) is 17.3 Å². The topological polar surface area (TPSA) is 32.3 Å². The van der Waals surface area contributed by atoms with Crippen molar-refractivity contribution in [2.24, 2.45) is 0 Å². The monoisotopic (exact) mass is 237 g/mol. The zero-order valence-electron chi connectivity index (χ0n) is 10.2. The zero-order valence-corrected chi connectivity index (χ0v) is 10.2.